The van der Waals surface area contributed by atoms with E-state index in [1.807, 2.05) is 18.2 Å². The van der Waals surface area contributed by atoms with Crippen LogP contribution in [0.1, 0.15) is 46.6 Å². The van der Waals surface area contributed by atoms with Gasteiger partial charge in [-0.25, -0.2) is 0 Å². The summed E-state index contributed by atoms with van der Waals surface area (Å²) >= 11 is 6.05. The van der Waals surface area contributed by atoms with Gasteiger partial charge in [0.15, 0.2) is 0 Å². The maximum atomic E-state index is 9.71. The highest BCUT2D eigenvalue weighted by Crippen LogP contribution is 2.24. The monoisotopic (exact) mass is 299 g/mol. The Bertz CT molecular complexity index is 433. The molecule has 0 radical (unpaired) electrons. The normalized spacial score (nSPS) is 12.6. The quantitative estimate of drug-likeness (QED) is 0.840. The summed E-state index contributed by atoms with van der Waals surface area (Å²) in [5.41, 5.74) is 0.353. The lowest BCUT2D eigenvalue weighted by atomic mass is 10.1. The van der Waals surface area contributed by atoms with Gasteiger partial charge in [-0.1, -0.05) is 11.6 Å². The molecular formula is C16H26ClNO2. The van der Waals surface area contributed by atoms with E-state index in [-0.39, 0.29) is 5.54 Å². The van der Waals surface area contributed by atoms with E-state index in [9.17, 15) is 5.11 Å². The second-order valence-electron chi connectivity index (χ2n) is 6.77. The SMILES string of the molecule is CC(C)(O)CCOc1ccc(Cl)cc1CNC(C)(C)C. The standard InChI is InChI=1S/C16H26ClNO2/c1-15(2,3)18-11-12-10-13(17)6-7-14(12)20-9-8-16(4,5)19/h6-7,10,18-19H,8-9,11H2,1-5H3. The molecule has 20 heavy (non-hydrogen) atoms. The summed E-state index contributed by atoms with van der Waals surface area (Å²) in [5.74, 6) is 0.815. The van der Waals surface area contributed by atoms with Crippen LogP contribution >= 0.6 is 11.6 Å². The van der Waals surface area contributed by atoms with Crippen molar-refractivity contribution in [1.29, 1.82) is 0 Å². The third kappa shape index (κ3) is 7.13. The van der Waals surface area contributed by atoms with Gasteiger partial charge in [0.25, 0.3) is 0 Å². The fourth-order valence-corrected chi connectivity index (χ4v) is 1.79. The van der Waals surface area contributed by atoms with Crippen molar-refractivity contribution in [2.45, 2.75) is 58.7 Å². The summed E-state index contributed by atoms with van der Waals surface area (Å²) in [4.78, 5) is 0. The van der Waals surface area contributed by atoms with E-state index in [0.717, 1.165) is 11.3 Å². The summed E-state index contributed by atoms with van der Waals surface area (Å²) in [5, 5.41) is 13.8. The zero-order valence-electron chi connectivity index (χ0n) is 13.1. The molecule has 2 N–H and O–H groups in total. The van der Waals surface area contributed by atoms with Crippen LogP contribution < -0.4 is 10.1 Å². The molecule has 0 aliphatic heterocycles. The summed E-state index contributed by atoms with van der Waals surface area (Å²) in [7, 11) is 0. The lowest BCUT2D eigenvalue weighted by Gasteiger charge is -2.22. The fourth-order valence-electron chi connectivity index (χ4n) is 1.60. The Morgan fingerprint density at radius 1 is 1.20 bits per heavy atom. The maximum absolute atomic E-state index is 9.71. The van der Waals surface area contributed by atoms with Crippen LogP contribution in [0.5, 0.6) is 5.75 Å². The Labute approximate surface area is 127 Å². The lowest BCUT2D eigenvalue weighted by Crippen LogP contribution is -2.35. The minimum atomic E-state index is -0.712. The van der Waals surface area contributed by atoms with Crippen LogP contribution in [-0.4, -0.2) is 22.9 Å². The van der Waals surface area contributed by atoms with Crippen molar-refractivity contribution in [1.82, 2.24) is 5.32 Å². The molecule has 0 spiro atoms. The Morgan fingerprint density at radius 3 is 2.40 bits per heavy atom. The van der Waals surface area contributed by atoms with Gasteiger partial charge in [0.05, 0.1) is 12.2 Å². The molecule has 0 fully saturated rings. The molecule has 0 unspecified atom stereocenters. The zero-order chi connectivity index (χ0) is 15.4. The average Bonchev–Trinajstić information content (AvgIpc) is 2.26. The van der Waals surface area contributed by atoms with E-state index in [4.69, 9.17) is 16.3 Å². The number of nitrogens with one attached hydrogen (secondary N) is 1. The van der Waals surface area contributed by atoms with Gasteiger partial charge in [-0.05, 0) is 52.8 Å². The largest absolute Gasteiger partial charge is 0.493 e. The summed E-state index contributed by atoms with van der Waals surface area (Å²) in [6, 6.07) is 5.62. The topological polar surface area (TPSA) is 41.5 Å². The van der Waals surface area contributed by atoms with Gasteiger partial charge in [-0.3, -0.25) is 0 Å². The van der Waals surface area contributed by atoms with Crippen molar-refractivity contribution in [3.05, 3.63) is 28.8 Å². The Hall–Kier alpha value is -0.770. The van der Waals surface area contributed by atoms with E-state index in [1.54, 1.807) is 13.8 Å². The van der Waals surface area contributed by atoms with E-state index < -0.39 is 5.60 Å². The Balaban J connectivity index is 2.70. The number of benzene rings is 1. The van der Waals surface area contributed by atoms with Crippen LogP contribution in [0.25, 0.3) is 0 Å². The van der Waals surface area contributed by atoms with Crippen molar-refractivity contribution in [2.24, 2.45) is 0 Å². The van der Waals surface area contributed by atoms with E-state index in [0.29, 0.717) is 24.6 Å². The predicted molar refractivity (Wildman–Crippen MR) is 84.5 cm³/mol. The lowest BCUT2D eigenvalue weighted by molar-refractivity contribution is 0.0552. The van der Waals surface area contributed by atoms with Crippen molar-refractivity contribution in [3.8, 4) is 5.75 Å². The highest BCUT2D eigenvalue weighted by atomic mass is 35.5. The number of hydrogen-bond acceptors (Lipinski definition) is 3. The van der Waals surface area contributed by atoms with Gasteiger partial charge in [-0.15, -0.1) is 0 Å². The van der Waals surface area contributed by atoms with E-state index in [1.165, 1.54) is 0 Å². The van der Waals surface area contributed by atoms with Gasteiger partial charge in [0, 0.05) is 29.1 Å². The Kier molecular flexibility index (Phi) is 5.87. The van der Waals surface area contributed by atoms with Crippen LogP contribution in [0.4, 0.5) is 0 Å². The summed E-state index contributed by atoms with van der Waals surface area (Å²) in [6.07, 6.45) is 0.585. The predicted octanol–water partition coefficient (Wildman–Crippen LogP) is 3.77. The van der Waals surface area contributed by atoms with Gasteiger partial charge < -0.3 is 15.2 Å². The van der Waals surface area contributed by atoms with Crippen molar-refractivity contribution in [2.75, 3.05) is 6.61 Å². The maximum Gasteiger partial charge on any atom is 0.123 e. The zero-order valence-corrected chi connectivity index (χ0v) is 13.8. The molecule has 1 rings (SSSR count). The van der Waals surface area contributed by atoms with Crippen LogP contribution in [0.15, 0.2) is 18.2 Å². The molecule has 4 heteroatoms. The first-order chi connectivity index (χ1) is 9.07. The molecule has 0 saturated carbocycles. The molecule has 0 aliphatic rings. The number of ether oxygens (including phenoxy) is 1. The fraction of sp³-hybridized carbons (Fsp3) is 0.625. The molecule has 0 aliphatic carbocycles. The van der Waals surface area contributed by atoms with Crippen LogP contribution in [0, 0.1) is 0 Å². The second-order valence-corrected chi connectivity index (χ2v) is 7.20. The minimum absolute atomic E-state index is 0.0344. The molecular weight excluding hydrogens is 274 g/mol. The van der Waals surface area contributed by atoms with Crippen LogP contribution in [0.2, 0.25) is 5.02 Å². The number of aliphatic hydroxyl groups is 1. The van der Waals surface area contributed by atoms with Crippen molar-refractivity contribution >= 4 is 11.6 Å². The number of hydrogen-bond donors (Lipinski definition) is 2. The van der Waals surface area contributed by atoms with Gasteiger partial charge in [0.1, 0.15) is 5.75 Å². The van der Waals surface area contributed by atoms with Gasteiger partial charge >= 0.3 is 0 Å². The second kappa shape index (κ2) is 6.79. The molecule has 114 valence electrons. The number of halogens is 1. The minimum Gasteiger partial charge on any atom is -0.493 e. The first-order valence-electron chi connectivity index (χ1n) is 6.95. The molecule has 0 bridgehead atoms. The highest BCUT2D eigenvalue weighted by molar-refractivity contribution is 6.30. The first-order valence-corrected chi connectivity index (χ1v) is 7.33. The highest BCUT2D eigenvalue weighted by Gasteiger charge is 2.14. The molecule has 0 heterocycles. The summed E-state index contributed by atoms with van der Waals surface area (Å²) < 4.78 is 5.77. The van der Waals surface area contributed by atoms with Crippen molar-refractivity contribution < 1.29 is 9.84 Å². The van der Waals surface area contributed by atoms with Gasteiger partial charge in [-0.2, -0.15) is 0 Å². The first kappa shape index (κ1) is 17.3. The molecule has 0 amide bonds. The molecule has 0 aromatic heterocycles. The Morgan fingerprint density at radius 2 is 1.85 bits per heavy atom. The smallest absolute Gasteiger partial charge is 0.123 e. The van der Waals surface area contributed by atoms with E-state index >= 15 is 0 Å². The molecule has 1 aromatic rings. The summed E-state index contributed by atoms with van der Waals surface area (Å²) in [6.45, 7) is 11.1. The van der Waals surface area contributed by atoms with Crippen LogP contribution in [-0.2, 0) is 6.54 Å². The van der Waals surface area contributed by atoms with Gasteiger partial charge in [0.2, 0.25) is 0 Å². The molecule has 1 aromatic carbocycles. The molecule has 3 nitrogen and oxygen atoms in total. The van der Waals surface area contributed by atoms with Crippen molar-refractivity contribution in [3.63, 3.8) is 0 Å². The third-order valence-electron chi connectivity index (χ3n) is 2.80. The van der Waals surface area contributed by atoms with E-state index in [2.05, 4.69) is 26.1 Å². The molecule has 0 atom stereocenters. The average molecular weight is 300 g/mol. The molecule has 0 saturated heterocycles. The third-order valence-corrected chi connectivity index (χ3v) is 3.04. The van der Waals surface area contributed by atoms with Crippen LogP contribution in [0.3, 0.4) is 0 Å². The number of rotatable bonds is 6.